The van der Waals surface area contributed by atoms with Crippen LogP contribution >= 0.6 is 23.1 Å². The number of hydrogen-bond donors (Lipinski definition) is 1. The first-order valence-corrected chi connectivity index (χ1v) is 6.46. The van der Waals surface area contributed by atoms with Crippen molar-refractivity contribution in [3.63, 3.8) is 0 Å². The zero-order chi connectivity index (χ0) is 11.1. The number of nitrogens with zero attached hydrogens (tertiary/aromatic N) is 2. The lowest BCUT2D eigenvalue weighted by Crippen LogP contribution is -2.13. The monoisotopic (exact) mass is 247 g/mol. The van der Waals surface area contributed by atoms with Crippen molar-refractivity contribution in [3.8, 4) is 0 Å². The van der Waals surface area contributed by atoms with Crippen LogP contribution in [-0.4, -0.2) is 28.7 Å². The third kappa shape index (κ3) is 4.48. The Hall–Kier alpha value is -0.820. The Morgan fingerprint density at radius 1 is 1.53 bits per heavy atom. The fraction of sp³-hybridized carbons (Fsp3) is 0.625. The van der Waals surface area contributed by atoms with Gasteiger partial charge < -0.3 is 4.74 Å². The number of anilines is 1. The highest BCUT2D eigenvalue weighted by molar-refractivity contribution is 8.01. The summed E-state index contributed by atoms with van der Waals surface area (Å²) < 4.78 is 5.70. The smallest absolute Gasteiger partial charge is 0.413 e. The molecular weight excluding hydrogens is 234 g/mol. The number of aromatic nitrogens is 2. The van der Waals surface area contributed by atoms with Crippen LogP contribution in [0.15, 0.2) is 4.34 Å². The molecule has 0 bridgehead atoms. The van der Waals surface area contributed by atoms with Gasteiger partial charge in [0, 0.05) is 0 Å². The van der Waals surface area contributed by atoms with E-state index in [-0.39, 0.29) is 0 Å². The second-order valence-electron chi connectivity index (χ2n) is 2.57. The maximum Gasteiger partial charge on any atom is 0.413 e. The summed E-state index contributed by atoms with van der Waals surface area (Å²) in [4.78, 5) is 11.1. The predicted molar refractivity (Wildman–Crippen MR) is 61.6 cm³/mol. The molecular formula is C8H13N3O2S2. The van der Waals surface area contributed by atoms with Gasteiger partial charge >= 0.3 is 6.09 Å². The van der Waals surface area contributed by atoms with E-state index in [0.717, 1.165) is 16.5 Å². The van der Waals surface area contributed by atoms with Crippen molar-refractivity contribution in [2.75, 3.05) is 17.7 Å². The van der Waals surface area contributed by atoms with Gasteiger partial charge in [0.25, 0.3) is 0 Å². The molecule has 0 atom stereocenters. The molecule has 1 amide bonds. The van der Waals surface area contributed by atoms with E-state index in [2.05, 4.69) is 15.5 Å². The molecule has 15 heavy (non-hydrogen) atoms. The summed E-state index contributed by atoms with van der Waals surface area (Å²) in [5, 5.41) is 10.7. The fourth-order valence-electron chi connectivity index (χ4n) is 0.760. The van der Waals surface area contributed by atoms with Crippen LogP contribution in [-0.2, 0) is 4.74 Å². The SMILES string of the molecule is CCCOC(=O)Nc1nnc(SCC)s1. The van der Waals surface area contributed by atoms with Crippen molar-refractivity contribution < 1.29 is 9.53 Å². The lowest BCUT2D eigenvalue weighted by molar-refractivity contribution is 0.161. The molecule has 1 rings (SSSR count). The molecule has 5 nitrogen and oxygen atoms in total. The van der Waals surface area contributed by atoms with E-state index in [1.807, 2.05) is 13.8 Å². The predicted octanol–water partition coefficient (Wildman–Crippen LogP) is 2.61. The molecule has 0 aromatic carbocycles. The average molecular weight is 247 g/mol. The number of carbonyl (C=O) groups excluding carboxylic acids is 1. The molecule has 0 aliphatic carbocycles. The summed E-state index contributed by atoms with van der Waals surface area (Å²) >= 11 is 2.94. The molecule has 7 heteroatoms. The van der Waals surface area contributed by atoms with Crippen LogP contribution in [0.25, 0.3) is 0 Å². The van der Waals surface area contributed by atoms with E-state index in [4.69, 9.17) is 4.74 Å². The van der Waals surface area contributed by atoms with E-state index >= 15 is 0 Å². The second kappa shape index (κ2) is 6.62. The topological polar surface area (TPSA) is 64.1 Å². The van der Waals surface area contributed by atoms with E-state index in [0.29, 0.717) is 11.7 Å². The first kappa shape index (κ1) is 12.3. The van der Waals surface area contributed by atoms with Crippen LogP contribution < -0.4 is 5.32 Å². The van der Waals surface area contributed by atoms with Crippen molar-refractivity contribution in [1.29, 1.82) is 0 Å². The highest BCUT2D eigenvalue weighted by atomic mass is 32.2. The number of ether oxygens (including phenoxy) is 1. The van der Waals surface area contributed by atoms with Crippen LogP contribution in [0.5, 0.6) is 0 Å². The number of thioether (sulfide) groups is 1. The van der Waals surface area contributed by atoms with Gasteiger partial charge in [0.1, 0.15) is 0 Å². The van der Waals surface area contributed by atoms with Gasteiger partial charge in [-0.3, -0.25) is 5.32 Å². The molecule has 0 aliphatic rings. The third-order valence-corrected chi connectivity index (χ3v) is 3.17. The summed E-state index contributed by atoms with van der Waals surface area (Å²) in [5.74, 6) is 0.939. The molecule has 0 aliphatic heterocycles. The highest BCUT2D eigenvalue weighted by Gasteiger charge is 2.08. The Morgan fingerprint density at radius 3 is 3.00 bits per heavy atom. The molecule has 0 radical (unpaired) electrons. The largest absolute Gasteiger partial charge is 0.449 e. The van der Waals surface area contributed by atoms with Crippen LogP contribution in [0, 0.1) is 0 Å². The molecule has 1 aromatic heterocycles. The maximum atomic E-state index is 11.1. The standard InChI is InChI=1S/C8H13N3O2S2/c1-3-5-13-7(12)9-6-10-11-8(15-6)14-4-2/h3-5H2,1-2H3,(H,9,10,12). The quantitative estimate of drug-likeness (QED) is 0.640. The van der Waals surface area contributed by atoms with Crippen molar-refractivity contribution in [1.82, 2.24) is 10.2 Å². The lowest BCUT2D eigenvalue weighted by atomic mass is 10.5. The molecule has 0 saturated heterocycles. The fourth-order valence-corrected chi connectivity index (χ4v) is 2.39. The van der Waals surface area contributed by atoms with Crippen LogP contribution in [0.2, 0.25) is 0 Å². The van der Waals surface area contributed by atoms with E-state index in [9.17, 15) is 4.79 Å². The third-order valence-electron chi connectivity index (χ3n) is 1.32. The van der Waals surface area contributed by atoms with Gasteiger partial charge in [0.2, 0.25) is 5.13 Å². The lowest BCUT2D eigenvalue weighted by Gasteiger charge is -2.01. The number of rotatable bonds is 5. The molecule has 1 heterocycles. The minimum atomic E-state index is -0.471. The molecule has 1 N–H and O–H groups in total. The number of amides is 1. The summed E-state index contributed by atoms with van der Waals surface area (Å²) in [5.41, 5.74) is 0. The van der Waals surface area contributed by atoms with Crippen molar-refractivity contribution in [3.05, 3.63) is 0 Å². The van der Waals surface area contributed by atoms with Gasteiger partial charge in [0.05, 0.1) is 6.61 Å². The normalized spacial score (nSPS) is 10.0. The molecule has 0 spiro atoms. The molecule has 84 valence electrons. The van der Waals surface area contributed by atoms with Crippen molar-refractivity contribution in [2.24, 2.45) is 0 Å². The van der Waals surface area contributed by atoms with Gasteiger partial charge in [-0.05, 0) is 12.2 Å². The maximum absolute atomic E-state index is 11.1. The zero-order valence-electron chi connectivity index (χ0n) is 8.65. The summed E-state index contributed by atoms with van der Waals surface area (Å²) in [7, 11) is 0. The minimum absolute atomic E-state index is 0.418. The van der Waals surface area contributed by atoms with Crippen molar-refractivity contribution >= 4 is 34.3 Å². The molecule has 1 aromatic rings. The number of carbonyl (C=O) groups is 1. The highest BCUT2D eigenvalue weighted by Crippen LogP contribution is 2.24. The van der Waals surface area contributed by atoms with Gasteiger partial charge in [-0.1, -0.05) is 36.9 Å². The molecule has 0 saturated carbocycles. The van der Waals surface area contributed by atoms with Gasteiger partial charge in [-0.15, -0.1) is 10.2 Å². The molecule has 0 unspecified atom stereocenters. The minimum Gasteiger partial charge on any atom is -0.449 e. The average Bonchev–Trinajstić information content (AvgIpc) is 2.63. The van der Waals surface area contributed by atoms with E-state index in [1.54, 1.807) is 11.8 Å². The Labute approximate surface area is 96.6 Å². The van der Waals surface area contributed by atoms with E-state index in [1.165, 1.54) is 11.3 Å². The first-order chi connectivity index (χ1) is 7.26. The van der Waals surface area contributed by atoms with Gasteiger partial charge in [-0.2, -0.15) is 0 Å². The summed E-state index contributed by atoms with van der Waals surface area (Å²) in [6.45, 7) is 4.39. The Morgan fingerprint density at radius 2 is 2.33 bits per heavy atom. The zero-order valence-corrected chi connectivity index (χ0v) is 10.3. The molecule has 0 fully saturated rings. The van der Waals surface area contributed by atoms with Crippen LogP contribution in [0.1, 0.15) is 20.3 Å². The second-order valence-corrected chi connectivity index (χ2v) is 5.06. The Balaban J connectivity index is 2.39. The Kier molecular flexibility index (Phi) is 5.41. The van der Waals surface area contributed by atoms with Gasteiger partial charge in [-0.25, -0.2) is 4.79 Å². The number of nitrogens with one attached hydrogen (secondary N) is 1. The van der Waals surface area contributed by atoms with E-state index < -0.39 is 6.09 Å². The Bertz CT molecular complexity index is 317. The van der Waals surface area contributed by atoms with Crippen molar-refractivity contribution in [2.45, 2.75) is 24.6 Å². The summed E-state index contributed by atoms with van der Waals surface area (Å²) in [6.07, 6.45) is 0.335. The van der Waals surface area contributed by atoms with Crippen LogP contribution in [0.4, 0.5) is 9.93 Å². The number of hydrogen-bond acceptors (Lipinski definition) is 6. The van der Waals surface area contributed by atoms with Gasteiger partial charge in [0.15, 0.2) is 4.34 Å². The first-order valence-electron chi connectivity index (χ1n) is 4.66. The summed E-state index contributed by atoms with van der Waals surface area (Å²) in [6, 6.07) is 0. The van der Waals surface area contributed by atoms with Crippen LogP contribution in [0.3, 0.4) is 0 Å².